The van der Waals surface area contributed by atoms with E-state index in [1.807, 2.05) is 38.1 Å². The lowest BCUT2D eigenvalue weighted by Gasteiger charge is -2.14. The van der Waals surface area contributed by atoms with Gasteiger partial charge < -0.3 is 5.32 Å². The Balaban J connectivity index is 1.56. The molecule has 6 heteroatoms. The first-order valence-electron chi connectivity index (χ1n) is 8.91. The lowest BCUT2D eigenvalue weighted by atomic mass is 9.97. The van der Waals surface area contributed by atoms with E-state index < -0.39 is 0 Å². The van der Waals surface area contributed by atoms with Crippen molar-refractivity contribution in [1.82, 2.24) is 9.97 Å². The topological polar surface area (TPSA) is 54.9 Å². The van der Waals surface area contributed by atoms with Gasteiger partial charge in [0.25, 0.3) is 0 Å². The van der Waals surface area contributed by atoms with Crippen LogP contribution in [0.5, 0.6) is 0 Å². The fourth-order valence-electron chi connectivity index (χ4n) is 3.34. The predicted octanol–water partition coefficient (Wildman–Crippen LogP) is 5.00. The van der Waals surface area contributed by atoms with Gasteiger partial charge in [-0.3, -0.25) is 4.79 Å². The second kappa shape index (κ2) is 7.37. The SMILES string of the molecule is Cc1cccc(NC(=O)[C@H](C)Sc2ncnc3sc4c(c23)CCCC4)c1. The number of aryl methyl sites for hydroxylation is 3. The summed E-state index contributed by atoms with van der Waals surface area (Å²) in [5.41, 5.74) is 3.37. The molecule has 0 bridgehead atoms. The lowest BCUT2D eigenvalue weighted by Crippen LogP contribution is -2.22. The van der Waals surface area contributed by atoms with E-state index in [0.29, 0.717) is 0 Å². The molecule has 1 aliphatic rings. The van der Waals surface area contributed by atoms with Crippen molar-refractivity contribution >= 4 is 44.9 Å². The summed E-state index contributed by atoms with van der Waals surface area (Å²) in [5.74, 6) is -0.00328. The zero-order valence-electron chi connectivity index (χ0n) is 14.9. The maximum atomic E-state index is 12.6. The van der Waals surface area contributed by atoms with Gasteiger partial charge in [0.15, 0.2) is 0 Å². The summed E-state index contributed by atoms with van der Waals surface area (Å²) in [6, 6.07) is 7.87. The highest BCUT2D eigenvalue weighted by molar-refractivity contribution is 8.00. The van der Waals surface area contributed by atoms with Gasteiger partial charge in [-0.25, -0.2) is 9.97 Å². The number of thiophene rings is 1. The number of thioether (sulfide) groups is 1. The van der Waals surface area contributed by atoms with Crippen LogP contribution in [0.3, 0.4) is 0 Å². The van der Waals surface area contributed by atoms with E-state index in [2.05, 4.69) is 15.3 Å². The summed E-state index contributed by atoms with van der Waals surface area (Å²) < 4.78 is 0. The molecule has 1 aromatic carbocycles. The Labute approximate surface area is 161 Å². The molecule has 1 amide bonds. The maximum Gasteiger partial charge on any atom is 0.237 e. The van der Waals surface area contributed by atoms with Crippen LogP contribution in [0.4, 0.5) is 5.69 Å². The summed E-state index contributed by atoms with van der Waals surface area (Å²) in [6.45, 7) is 3.95. The molecule has 0 unspecified atom stereocenters. The van der Waals surface area contributed by atoms with E-state index in [-0.39, 0.29) is 11.2 Å². The molecule has 1 N–H and O–H groups in total. The van der Waals surface area contributed by atoms with Crippen molar-refractivity contribution in [3.05, 3.63) is 46.6 Å². The van der Waals surface area contributed by atoms with Crippen LogP contribution in [0.25, 0.3) is 10.2 Å². The van der Waals surface area contributed by atoms with Crippen molar-refractivity contribution in [1.29, 1.82) is 0 Å². The van der Waals surface area contributed by atoms with E-state index in [1.54, 1.807) is 17.7 Å². The second-order valence-corrected chi connectivity index (χ2v) is 9.10. The number of hydrogen-bond donors (Lipinski definition) is 1. The highest BCUT2D eigenvalue weighted by atomic mass is 32.2. The summed E-state index contributed by atoms with van der Waals surface area (Å²) in [7, 11) is 0. The normalized spacial score (nSPS) is 14.8. The fourth-order valence-corrected chi connectivity index (χ4v) is 5.58. The number of nitrogens with zero attached hydrogens (tertiary/aromatic N) is 2. The third-order valence-electron chi connectivity index (χ3n) is 4.66. The Morgan fingerprint density at radius 3 is 2.96 bits per heavy atom. The Hall–Kier alpha value is -1.92. The number of fused-ring (bicyclic) bond motifs is 3. The Bertz CT molecular complexity index is 967. The molecule has 0 fully saturated rings. The zero-order valence-corrected chi connectivity index (χ0v) is 16.5. The number of rotatable bonds is 4. The van der Waals surface area contributed by atoms with Crippen molar-refractivity contribution in [3.8, 4) is 0 Å². The number of anilines is 1. The highest BCUT2D eigenvalue weighted by Gasteiger charge is 2.23. The number of carbonyl (C=O) groups excluding carboxylic acids is 1. The first-order chi connectivity index (χ1) is 12.6. The van der Waals surface area contributed by atoms with Crippen molar-refractivity contribution < 1.29 is 4.79 Å². The quantitative estimate of drug-likeness (QED) is 0.509. The van der Waals surface area contributed by atoms with Crippen molar-refractivity contribution in [2.75, 3.05) is 5.32 Å². The average molecular weight is 384 g/mol. The number of nitrogens with one attached hydrogen (secondary N) is 1. The molecule has 0 spiro atoms. The summed E-state index contributed by atoms with van der Waals surface area (Å²) in [4.78, 5) is 24.1. The summed E-state index contributed by atoms with van der Waals surface area (Å²) in [5, 5.41) is 4.88. The Kier molecular flexibility index (Phi) is 4.96. The third-order valence-corrected chi connectivity index (χ3v) is 6.96. The molecular formula is C20H21N3OS2. The zero-order chi connectivity index (χ0) is 18.1. The van der Waals surface area contributed by atoms with Gasteiger partial charge in [0.2, 0.25) is 5.91 Å². The van der Waals surface area contributed by atoms with E-state index in [0.717, 1.165) is 33.9 Å². The van der Waals surface area contributed by atoms with Crippen molar-refractivity contribution in [3.63, 3.8) is 0 Å². The van der Waals surface area contributed by atoms with Crippen molar-refractivity contribution in [2.24, 2.45) is 0 Å². The molecule has 3 aromatic rings. The van der Waals surface area contributed by atoms with Crippen LogP contribution in [0.2, 0.25) is 0 Å². The van der Waals surface area contributed by atoms with Crippen LogP contribution in [-0.2, 0) is 17.6 Å². The van der Waals surface area contributed by atoms with E-state index in [1.165, 1.54) is 40.4 Å². The molecule has 2 aromatic heterocycles. The Morgan fingerprint density at radius 2 is 2.12 bits per heavy atom. The van der Waals surface area contributed by atoms with Gasteiger partial charge in [0, 0.05) is 16.0 Å². The van der Waals surface area contributed by atoms with Gasteiger partial charge in [-0.15, -0.1) is 11.3 Å². The van der Waals surface area contributed by atoms with Crippen LogP contribution in [0.15, 0.2) is 35.6 Å². The second-order valence-electron chi connectivity index (χ2n) is 6.69. The Morgan fingerprint density at radius 1 is 1.27 bits per heavy atom. The standard InChI is InChI=1S/C20H21N3OS2/c1-12-6-5-7-14(10-12)23-18(24)13(2)25-19-17-15-8-3-4-9-16(15)26-20(17)22-11-21-19/h5-7,10-11,13H,3-4,8-9H2,1-2H3,(H,23,24)/t13-/m0/s1. The van der Waals surface area contributed by atoms with Crippen molar-refractivity contribution in [2.45, 2.75) is 49.8 Å². The van der Waals surface area contributed by atoms with Gasteiger partial charge in [-0.2, -0.15) is 0 Å². The average Bonchev–Trinajstić information content (AvgIpc) is 3.01. The van der Waals surface area contributed by atoms with E-state index in [9.17, 15) is 4.79 Å². The smallest absolute Gasteiger partial charge is 0.237 e. The molecule has 0 aliphatic heterocycles. The molecule has 0 radical (unpaired) electrons. The molecule has 1 atom stereocenters. The van der Waals surface area contributed by atoms with E-state index >= 15 is 0 Å². The van der Waals surface area contributed by atoms with Crippen LogP contribution >= 0.6 is 23.1 Å². The van der Waals surface area contributed by atoms with Gasteiger partial charge >= 0.3 is 0 Å². The molecule has 0 saturated carbocycles. The number of hydrogen-bond acceptors (Lipinski definition) is 5. The van der Waals surface area contributed by atoms with E-state index in [4.69, 9.17) is 0 Å². The molecule has 4 nitrogen and oxygen atoms in total. The van der Waals surface area contributed by atoms with Gasteiger partial charge in [0.1, 0.15) is 16.2 Å². The maximum absolute atomic E-state index is 12.6. The molecule has 134 valence electrons. The largest absolute Gasteiger partial charge is 0.325 e. The van der Waals surface area contributed by atoms with Crippen LogP contribution in [-0.4, -0.2) is 21.1 Å². The third kappa shape index (κ3) is 3.48. The highest BCUT2D eigenvalue weighted by Crippen LogP contribution is 2.40. The number of aromatic nitrogens is 2. The predicted molar refractivity (Wildman–Crippen MR) is 109 cm³/mol. The summed E-state index contributed by atoms with van der Waals surface area (Å²) >= 11 is 3.31. The minimum atomic E-state index is -0.229. The van der Waals surface area contributed by atoms with Crippen LogP contribution in [0, 0.1) is 6.92 Å². The summed E-state index contributed by atoms with van der Waals surface area (Å²) in [6.07, 6.45) is 6.34. The fraction of sp³-hybridized carbons (Fsp3) is 0.350. The molecule has 0 saturated heterocycles. The van der Waals surface area contributed by atoms with Gasteiger partial charge in [0.05, 0.1) is 5.25 Å². The number of carbonyl (C=O) groups is 1. The monoisotopic (exact) mass is 383 g/mol. The lowest BCUT2D eigenvalue weighted by molar-refractivity contribution is -0.115. The molecule has 26 heavy (non-hydrogen) atoms. The van der Waals surface area contributed by atoms with Crippen LogP contribution < -0.4 is 5.32 Å². The van der Waals surface area contributed by atoms with Gasteiger partial charge in [-0.1, -0.05) is 23.9 Å². The first-order valence-corrected chi connectivity index (χ1v) is 10.6. The molecular weight excluding hydrogens is 362 g/mol. The minimum absolute atomic E-state index is 0.00328. The molecule has 4 rings (SSSR count). The molecule has 1 aliphatic carbocycles. The van der Waals surface area contributed by atoms with Gasteiger partial charge in [-0.05, 0) is 62.8 Å². The molecule has 2 heterocycles. The number of amides is 1. The number of benzene rings is 1. The first kappa shape index (κ1) is 17.5. The minimum Gasteiger partial charge on any atom is -0.325 e. The van der Waals surface area contributed by atoms with Crippen LogP contribution in [0.1, 0.15) is 35.8 Å².